The van der Waals surface area contributed by atoms with E-state index in [9.17, 15) is 4.79 Å². The van der Waals surface area contributed by atoms with Crippen molar-refractivity contribution in [3.8, 4) is 0 Å². The van der Waals surface area contributed by atoms with E-state index in [0.29, 0.717) is 12.5 Å². The molecule has 0 radical (unpaired) electrons. The van der Waals surface area contributed by atoms with Gasteiger partial charge < -0.3 is 20.1 Å². The number of aryl methyl sites for hydroxylation is 1. The highest BCUT2D eigenvalue weighted by molar-refractivity contribution is 5.81. The van der Waals surface area contributed by atoms with Crippen molar-refractivity contribution in [3.05, 3.63) is 11.6 Å². The Hall–Kier alpha value is -2.12. The van der Waals surface area contributed by atoms with Crippen LogP contribution in [0, 0.1) is 12.8 Å². The van der Waals surface area contributed by atoms with Crippen molar-refractivity contribution in [1.29, 1.82) is 0 Å². The number of hydrogen-bond donors (Lipinski definition) is 2. The average Bonchev–Trinajstić information content (AvgIpc) is 3.26. The van der Waals surface area contributed by atoms with Gasteiger partial charge in [-0.25, -0.2) is 0 Å². The molecule has 0 aromatic carbocycles. The predicted molar refractivity (Wildman–Crippen MR) is 101 cm³/mol. The summed E-state index contributed by atoms with van der Waals surface area (Å²) >= 11 is 0. The average molecular weight is 361 g/mol. The number of aromatic nitrogens is 3. The molecule has 1 aromatic heterocycles. The van der Waals surface area contributed by atoms with E-state index in [1.54, 1.807) is 7.05 Å². The molecule has 8 nitrogen and oxygen atoms in total. The maximum Gasteiger partial charge on any atom is 0.225 e. The summed E-state index contributed by atoms with van der Waals surface area (Å²) in [6, 6.07) is 0.245. The van der Waals surface area contributed by atoms with Crippen molar-refractivity contribution >= 4 is 11.9 Å². The molecule has 8 heteroatoms. The van der Waals surface area contributed by atoms with Gasteiger partial charge in [-0.3, -0.25) is 9.79 Å². The van der Waals surface area contributed by atoms with E-state index in [1.807, 2.05) is 23.4 Å². The summed E-state index contributed by atoms with van der Waals surface area (Å²) in [5, 5.41) is 14.9. The summed E-state index contributed by atoms with van der Waals surface area (Å²) in [6.07, 6.45) is 6.76. The van der Waals surface area contributed by atoms with Gasteiger partial charge in [0.05, 0.1) is 6.54 Å². The summed E-state index contributed by atoms with van der Waals surface area (Å²) in [5.41, 5.74) is 0. The number of guanidine groups is 1. The molecular weight excluding hydrogens is 330 g/mol. The lowest BCUT2D eigenvalue weighted by molar-refractivity contribution is -0.135. The van der Waals surface area contributed by atoms with Crippen LogP contribution in [0.3, 0.4) is 0 Å². The second-order valence-corrected chi connectivity index (χ2v) is 7.40. The Morgan fingerprint density at radius 1 is 1.23 bits per heavy atom. The molecular formula is C18H31N7O. The number of likely N-dealkylation sites (tertiary alicyclic amines) is 1. The Kier molecular flexibility index (Phi) is 6.11. The molecule has 1 aliphatic carbocycles. The zero-order valence-electron chi connectivity index (χ0n) is 16.2. The lowest BCUT2D eigenvalue weighted by Crippen LogP contribution is -2.45. The van der Waals surface area contributed by atoms with E-state index in [-0.39, 0.29) is 12.0 Å². The number of hydrogen-bond acceptors (Lipinski definition) is 4. The first kappa shape index (κ1) is 18.7. The fraction of sp³-hybridized carbons (Fsp3) is 0.778. The van der Waals surface area contributed by atoms with Gasteiger partial charge in [0.1, 0.15) is 5.82 Å². The molecule has 144 valence electrons. The standard InChI is InChI=1S/C18H31N7O/c1-13-22-23-16(24(13)3)11-20-18(19-2)21-15-9-10-25(12-15)17(26)14-7-5-4-6-8-14/h14-15H,4-12H2,1-3H3,(H2,19,20,21). The molecule has 1 aliphatic heterocycles. The van der Waals surface area contributed by atoms with E-state index in [2.05, 4.69) is 25.8 Å². The number of rotatable bonds is 4. The second kappa shape index (κ2) is 8.51. The van der Waals surface area contributed by atoms with Crippen LogP contribution in [-0.4, -0.2) is 57.7 Å². The van der Waals surface area contributed by atoms with Crippen LogP contribution in [0.15, 0.2) is 4.99 Å². The van der Waals surface area contributed by atoms with Gasteiger partial charge >= 0.3 is 0 Å². The zero-order valence-corrected chi connectivity index (χ0v) is 16.2. The van der Waals surface area contributed by atoms with Crippen molar-refractivity contribution in [3.63, 3.8) is 0 Å². The van der Waals surface area contributed by atoms with Gasteiger partial charge in [0.15, 0.2) is 11.8 Å². The Labute approximate surface area is 155 Å². The molecule has 1 aromatic rings. The van der Waals surface area contributed by atoms with Gasteiger partial charge in [0.25, 0.3) is 0 Å². The molecule has 0 bridgehead atoms. The summed E-state index contributed by atoms with van der Waals surface area (Å²) in [4.78, 5) is 19.0. The second-order valence-electron chi connectivity index (χ2n) is 7.40. The van der Waals surface area contributed by atoms with Gasteiger partial charge in [-0.2, -0.15) is 0 Å². The third-order valence-electron chi connectivity index (χ3n) is 5.62. The minimum Gasteiger partial charge on any atom is -0.352 e. The summed E-state index contributed by atoms with van der Waals surface area (Å²) in [6.45, 7) is 4.10. The fourth-order valence-electron chi connectivity index (χ4n) is 3.84. The van der Waals surface area contributed by atoms with Crippen molar-refractivity contribution in [2.75, 3.05) is 20.1 Å². The van der Waals surface area contributed by atoms with E-state index >= 15 is 0 Å². The van der Waals surface area contributed by atoms with Gasteiger partial charge in [-0.05, 0) is 26.2 Å². The van der Waals surface area contributed by atoms with Gasteiger partial charge in [0, 0.05) is 39.1 Å². The van der Waals surface area contributed by atoms with Crippen LogP contribution in [0.25, 0.3) is 0 Å². The molecule has 1 unspecified atom stereocenters. The van der Waals surface area contributed by atoms with E-state index in [0.717, 1.165) is 50.0 Å². The highest BCUT2D eigenvalue weighted by atomic mass is 16.2. The Balaban J connectivity index is 1.47. The molecule has 2 fully saturated rings. The van der Waals surface area contributed by atoms with Crippen LogP contribution in [0.4, 0.5) is 0 Å². The van der Waals surface area contributed by atoms with Crippen LogP contribution < -0.4 is 10.6 Å². The molecule has 26 heavy (non-hydrogen) atoms. The van der Waals surface area contributed by atoms with Crippen molar-refractivity contribution in [1.82, 2.24) is 30.3 Å². The fourth-order valence-corrected chi connectivity index (χ4v) is 3.84. The summed E-state index contributed by atoms with van der Waals surface area (Å²) in [7, 11) is 3.71. The topological polar surface area (TPSA) is 87.4 Å². The number of amides is 1. The lowest BCUT2D eigenvalue weighted by Gasteiger charge is -2.26. The van der Waals surface area contributed by atoms with Crippen LogP contribution in [0.1, 0.15) is 50.2 Å². The van der Waals surface area contributed by atoms with Gasteiger partial charge in [0.2, 0.25) is 5.91 Å². The number of carbonyl (C=O) groups is 1. The van der Waals surface area contributed by atoms with Crippen LogP contribution >= 0.6 is 0 Å². The quantitative estimate of drug-likeness (QED) is 0.616. The lowest BCUT2D eigenvalue weighted by atomic mass is 9.88. The number of nitrogens with one attached hydrogen (secondary N) is 2. The molecule has 2 aliphatic rings. The number of nitrogens with zero attached hydrogens (tertiary/aromatic N) is 5. The zero-order chi connectivity index (χ0) is 18.5. The number of carbonyl (C=O) groups excluding carboxylic acids is 1. The summed E-state index contributed by atoms with van der Waals surface area (Å²) < 4.78 is 1.96. The first-order valence-corrected chi connectivity index (χ1v) is 9.69. The normalized spacial score (nSPS) is 21.9. The minimum atomic E-state index is 0.245. The van der Waals surface area contributed by atoms with Gasteiger partial charge in [-0.15, -0.1) is 10.2 Å². The molecule has 2 N–H and O–H groups in total. The molecule has 1 amide bonds. The third kappa shape index (κ3) is 4.34. The molecule has 2 heterocycles. The number of aliphatic imine (C=N–C) groups is 1. The Morgan fingerprint density at radius 2 is 2.00 bits per heavy atom. The first-order valence-electron chi connectivity index (χ1n) is 9.69. The van der Waals surface area contributed by atoms with Crippen LogP contribution in [-0.2, 0) is 18.4 Å². The highest BCUT2D eigenvalue weighted by Crippen LogP contribution is 2.26. The van der Waals surface area contributed by atoms with E-state index < -0.39 is 0 Å². The smallest absolute Gasteiger partial charge is 0.225 e. The predicted octanol–water partition coefficient (Wildman–Crippen LogP) is 0.970. The van der Waals surface area contributed by atoms with E-state index in [1.165, 1.54) is 19.3 Å². The van der Waals surface area contributed by atoms with Crippen LogP contribution in [0.2, 0.25) is 0 Å². The first-order chi connectivity index (χ1) is 12.6. The van der Waals surface area contributed by atoms with Crippen molar-refractivity contribution < 1.29 is 4.79 Å². The third-order valence-corrected chi connectivity index (χ3v) is 5.62. The Bertz CT molecular complexity index is 648. The van der Waals surface area contributed by atoms with E-state index in [4.69, 9.17) is 0 Å². The van der Waals surface area contributed by atoms with Crippen molar-refractivity contribution in [2.24, 2.45) is 18.0 Å². The minimum absolute atomic E-state index is 0.245. The van der Waals surface area contributed by atoms with Crippen molar-refractivity contribution in [2.45, 2.75) is 58.0 Å². The molecule has 1 saturated heterocycles. The highest BCUT2D eigenvalue weighted by Gasteiger charge is 2.31. The summed E-state index contributed by atoms with van der Waals surface area (Å²) in [5.74, 6) is 3.09. The largest absolute Gasteiger partial charge is 0.352 e. The maximum atomic E-state index is 12.7. The molecule has 0 spiro atoms. The van der Waals surface area contributed by atoms with Crippen LogP contribution in [0.5, 0.6) is 0 Å². The molecule has 1 atom stereocenters. The molecule has 1 saturated carbocycles. The van der Waals surface area contributed by atoms with Gasteiger partial charge in [-0.1, -0.05) is 19.3 Å². The SMILES string of the molecule is CN=C(NCc1nnc(C)n1C)NC1CCN(C(=O)C2CCCCC2)C1. The molecule has 3 rings (SSSR count). The maximum absolute atomic E-state index is 12.7. The Morgan fingerprint density at radius 3 is 2.65 bits per heavy atom. The monoisotopic (exact) mass is 361 g/mol.